The van der Waals surface area contributed by atoms with E-state index in [1.807, 2.05) is 13.0 Å². The normalized spacial score (nSPS) is 24.4. The number of anilines is 1. The number of rotatable bonds is 4. The summed E-state index contributed by atoms with van der Waals surface area (Å²) in [7, 11) is 2.10. The Kier molecular flexibility index (Phi) is 5.03. The van der Waals surface area contributed by atoms with Crippen molar-refractivity contribution in [2.24, 2.45) is 11.7 Å². The van der Waals surface area contributed by atoms with Crippen LogP contribution >= 0.6 is 0 Å². The summed E-state index contributed by atoms with van der Waals surface area (Å²) in [4.78, 5) is 2.27. The third-order valence-electron chi connectivity index (χ3n) is 4.46. The van der Waals surface area contributed by atoms with E-state index < -0.39 is 0 Å². The Bertz CT molecular complexity index is 445. The molecule has 1 aromatic rings. The second-order valence-electron chi connectivity index (χ2n) is 6.46. The van der Waals surface area contributed by atoms with Crippen molar-refractivity contribution in [1.29, 1.82) is 0 Å². The lowest BCUT2D eigenvalue weighted by atomic mass is 9.86. The highest BCUT2D eigenvalue weighted by Gasteiger charge is 2.24. The van der Waals surface area contributed by atoms with Crippen LogP contribution in [0.25, 0.3) is 0 Å². The van der Waals surface area contributed by atoms with Gasteiger partial charge in [-0.05, 0) is 44.2 Å². The molecule has 1 fully saturated rings. The second-order valence-corrected chi connectivity index (χ2v) is 6.46. The molecule has 0 heterocycles. The summed E-state index contributed by atoms with van der Waals surface area (Å²) in [6.07, 6.45) is 5.59. The van der Waals surface area contributed by atoms with E-state index >= 15 is 0 Å². The monoisotopic (exact) mass is 278 g/mol. The molecule has 3 unspecified atom stereocenters. The van der Waals surface area contributed by atoms with Crippen LogP contribution in [-0.4, -0.2) is 19.1 Å². The van der Waals surface area contributed by atoms with E-state index in [0.29, 0.717) is 12.5 Å². The Hall–Kier alpha value is -1.09. The Morgan fingerprint density at radius 1 is 1.40 bits per heavy atom. The number of nitrogens with zero attached hydrogens (tertiary/aromatic N) is 1. The van der Waals surface area contributed by atoms with Gasteiger partial charge in [0.25, 0.3) is 0 Å². The van der Waals surface area contributed by atoms with E-state index in [1.54, 1.807) is 12.1 Å². The average Bonchev–Trinajstić information content (AvgIpc) is 2.40. The van der Waals surface area contributed by atoms with Crippen LogP contribution in [0.3, 0.4) is 0 Å². The zero-order valence-corrected chi connectivity index (χ0v) is 12.9. The number of hydrogen-bond acceptors (Lipinski definition) is 2. The van der Waals surface area contributed by atoms with Crippen molar-refractivity contribution in [3.8, 4) is 0 Å². The molecule has 1 aromatic carbocycles. The molecule has 0 bridgehead atoms. The summed E-state index contributed by atoms with van der Waals surface area (Å²) in [6, 6.07) is 5.87. The fourth-order valence-electron chi connectivity index (χ4n) is 3.35. The molecule has 0 aliphatic heterocycles. The van der Waals surface area contributed by atoms with Gasteiger partial charge in [0.05, 0.1) is 0 Å². The molecule has 1 aliphatic carbocycles. The first-order chi connectivity index (χ1) is 9.49. The zero-order chi connectivity index (χ0) is 14.7. The van der Waals surface area contributed by atoms with Crippen molar-refractivity contribution >= 4 is 5.69 Å². The van der Waals surface area contributed by atoms with E-state index in [4.69, 9.17) is 5.73 Å². The number of nitrogens with two attached hydrogens (primary N) is 1. The summed E-state index contributed by atoms with van der Waals surface area (Å²) < 4.78 is 14.1. The molecule has 1 saturated carbocycles. The maximum Gasteiger partial charge on any atom is 0.128 e. The minimum absolute atomic E-state index is 0.0238. The Balaban J connectivity index is 2.24. The number of hydrogen-bond donors (Lipinski definition) is 1. The average molecular weight is 278 g/mol. The van der Waals surface area contributed by atoms with Gasteiger partial charge in [-0.25, -0.2) is 4.39 Å². The van der Waals surface area contributed by atoms with Crippen LogP contribution in [-0.2, 0) is 6.42 Å². The smallest absolute Gasteiger partial charge is 0.128 e. The van der Waals surface area contributed by atoms with Crippen LogP contribution in [0, 0.1) is 11.7 Å². The van der Waals surface area contributed by atoms with Gasteiger partial charge in [-0.2, -0.15) is 0 Å². The molecule has 0 spiro atoms. The molecule has 3 atom stereocenters. The van der Waals surface area contributed by atoms with Gasteiger partial charge in [-0.15, -0.1) is 0 Å². The first kappa shape index (κ1) is 15.3. The highest BCUT2D eigenvalue weighted by atomic mass is 19.1. The van der Waals surface area contributed by atoms with Crippen LogP contribution in [0.5, 0.6) is 0 Å². The van der Waals surface area contributed by atoms with Gasteiger partial charge >= 0.3 is 0 Å². The van der Waals surface area contributed by atoms with E-state index in [-0.39, 0.29) is 11.9 Å². The molecule has 0 radical (unpaired) electrons. The maximum atomic E-state index is 14.1. The fourth-order valence-corrected chi connectivity index (χ4v) is 3.35. The number of benzene rings is 1. The third kappa shape index (κ3) is 3.51. The highest BCUT2D eigenvalue weighted by molar-refractivity contribution is 5.55. The second kappa shape index (κ2) is 6.57. The SMILES string of the molecule is CC(N)Cc1c(F)cccc1N(C)C1CCCC(C)C1. The molecule has 0 aromatic heterocycles. The van der Waals surface area contributed by atoms with Crippen molar-refractivity contribution < 1.29 is 4.39 Å². The molecule has 1 aliphatic rings. The molecule has 20 heavy (non-hydrogen) atoms. The quantitative estimate of drug-likeness (QED) is 0.909. The minimum Gasteiger partial charge on any atom is -0.371 e. The van der Waals surface area contributed by atoms with Crippen LogP contribution in [0.4, 0.5) is 10.1 Å². The fraction of sp³-hybridized carbons (Fsp3) is 0.647. The van der Waals surface area contributed by atoms with E-state index in [9.17, 15) is 4.39 Å². The van der Waals surface area contributed by atoms with Gasteiger partial charge in [-0.1, -0.05) is 25.8 Å². The van der Waals surface area contributed by atoms with Gasteiger partial charge in [0.2, 0.25) is 0 Å². The molecule has 112 valence electrons. The van der Waals surface area contributed by atoms with Crippen molar-refractivity contribution in [2.75, 3.05) is 11.9 Å². The molecule has 2 rings (SSSR count). The van der Waals surface area contributed by atoms with Gasteiger partial charge < -0.3 is 10.6 Å². The number of halogens is 1. The van der Waals surface area contributed by atoms with Crippen molar-refractivity contribution in [3.63, 3.8) is 0 Å². The Morgan fingerprint density at radius 3 is 2.80 bits per heavy atom. The van der Waals surface area contributed by atoms with Crippen molar-refractivity contribution in [3.05, 3.63) is 29.6 Å². The minimum atomic E-state index is -0.129. The van der Waals surface area contributed by atoms with Crippen LogP contribution in [0.15, 0.2) is 18.2 Å². The van der Waals surface area contributed by atoms with E-state index in [2.05, 4.69) is 18.9 Å². The molecular weight excluding hydrogens is 251 g/mol. The van der Waals surface area contributed by atoms with E-state index in [1.165, 1.54) is 25.7 Å². The van der Waals surface area contributed by atoms with Crippen molar-refractivity contribution in [1.82, 2.24) is 0 Å². The van der Waals surface area contributed by atoms with Gasteiger partial charge in [0.1, 0.15) is 5.82 Å². The summed E-state index contributed by atoms with van der Waals surface area (Å²) >= 11 is 0. The Morgan fingerprint density at radius 2 is 2.15 bits per heavy atom. The lowest BCUT2D eigenvalue weighted by Crippen LogP contribution is -2.36. The van der Waals surface area contributed by atoms with E-state index in [0.717, 1.165) is 17.2 Å². The summed E-state index contributed by atoms with van der Waals surface area (Å²) in [5.74, 6) is 0.636. The topological polar surface area (TPSA) is 29.3 Å². The van der Waals surface area contributed by atoms with Crippen molar-refractivity contribution in [2.45, 2.75) is 58.0 Å². The Labute approximate surface area is 122 Å². The third-order valence-corrected chi connectivity index (χ3v) is 4.46. The lowest BCUT2D eigenvalue weighted by molar-refractivity contribution is 0.336. The molecule has 3 heteroatoms. The zero-order valence-electron chi connectivity index (χ0n) is 12.9. The summed E-state index contributed by atoms with van der Waals surface area (Å²) in [6.45, 7) is 4.24. The summed E-state index contributed by atoms with van der Waals surface area (Å²) in [5.41, 5.74) is 7.66. The molecule has 0 amide bonds. The summed E-state index contributed by atoms with van der Waals surface area (Å²) in [5, 5.41) is 0. The first-order valence-corrected chi connectivity index (χ1v) is 7.74. The lowest BCUT2D eigenvalue weighted by Gasteiger charge is -2.36. The van der Waals surface area contributed by atoms with Crippen LogP contribution < -0.4 is 10.6 Å². The van der Waals surface area contributed by atoms with Gasteiger partial charge in [0, 0.05) is 30.4 Å². The van der Waals surface area contributed by atoms with Crippen LogP contribution in [0.1, 0.15) is 45.1 Å². The largest absolute Gasteiger partial charge is 0.371 e. The highest BCUT2D eigenvalue weighted by Crippen LogP contribution is 2.32. The predicted molar refractivity (Wildman–Crippen MR) is 83.6 cm³/mol. The predicted octanol–water partition coefficient (Wildman–Crippen LogP) is 3.73. The molecule has 2 nitrogen and oxygen atoms in total. The standard InChI is InChI=1S/C17H27FN2/c1-12-6-4-7-14(10-12)20(3)17-9-5-8-16(18)15(17)11-13(2)19/h5,8-9,12-14H,4,6-7,10-11,19H2,1-3H3. The van der Waals surface area contributed by atoms with Crippen LogP contribution in [0.2, 0.25) is 0 Å². The maximum absolute atomic E-state index is 14.1. The van der Waals surface area contributed by atoms with Gasteiger partial charge in [0.15, 0.2) is 0 Å². The first-order valence-electron chi connectivity index (χ1n) is 7.74. The molecular formula is C17H27FN2. The van der Waals surface area contributed by atoms with Gasteiger partial charge in [-0.3, -0.25) is 0 Å². The molecule has 2 N–H and O–H groups in total. The molecule has 0 saturated heterocycles.